The largest absolute Gasteiger partial charge is 0.472 e. The van der Waals surface area contributed by atoms with E-state index in [1.165, 1.54) is 0 Å². The van der Waals surface area contributed by atoms with E-state index in [1.54, 1.807) is 12.5 Å². The number of nitrogens with one attached hydrogen (secondary N) is 1. The van der Waals surface area contributed by atoms with Crippen molar-refractivity contribution in [3.63, 3.8) is 0 Å². The van der Waals surface area contributed by atoms with Gasteiger partial charge in [-0.3, -0.25) is 11.3 Å². The number of furan rings is 1. The van der Waals surface area contributed by atoms with E-state index >= 15 is 0 Å². The molecule has 1 aliphatic heterocycles. The van der Waals surface area contributed by atoms with Gasteiger partial charge in [0.2, 0.25) is 0 Å². The number of hydrogen-bond donors (Lipinski definition) is 2. The smallest absolute Gasteiger partial charge is 0.0950 e. The molecule has 1 aliphatic rings. The van der Waals surface area contributed by atoms with Gasteiger partial charge in [0.1, 0.15) is 0 Å². The molecule has 1 aromatic heterocycles. The van der Waals surface area contributed by atoms with Crippen molar-refractivity contribution in [3.8, 4) is 0 Å². The van der Waals surface area contributed by atoms with Crippen molar-refractivity contribution in [2.24, 2.45) is 11.8 Å². The Labute approximate surface area is 83.4 Å². The predicted molar refractivity (Wildman–Crippen MR) is 52.3 cm³/mol. The third-order valence-electron chi connectivity index (χ3n) is 2.78. The number of hydrazine groups is 1. The van der Waals surface area contributed by atoms with E-state index in [1.807, 2.05) is 6.07 Å². The average molecular weight is 196 g/mol. The zero-order valence-electron chi connectivity index (χ0n) is 8.27. The van der Waals surface area contributed by atoms with E-state index in [-0.39, 0.29) is 6.04 Å². The van der Waals surface area contributed by atoms with E-state index in [4.69, 9.17) is 15.0 Å². The van der Waals surface area contributed by atoms with Crippen LogP contribution in [0.5, 0.6) is 0 Å². The summed E-state index contributed by atoms with van der Waals surface area (Å²) in [6.07, 6.45) is 4.77. The van der Waals surface area contributed by atoms with Gasteiger partial charge in [0.05, 0.1) is 31.3 Å². The van der Waals surface area contributed by atoms with Crippen molar-refractivity contribution in [2.75, 3.05) is 6.61 Å². The molecular formula is C10H16N2O2. The van der Waals surface area contributed by atoms with Gasteiger partial charge in [-0.05, 0) is 19.4 Å². The number of ether oxygens (including phenoxy) is 1. The van der Waals surface area contributed by atoms with Crippen molar-refractivity contribution in [2.45, 2.75) is 25.5 Å². The highest BCUT2D eigenvalue weighted by Gasteiger charge is 2.30. The molecule has 0 radical (unpaired) electrons. The first-order chi connectivity index (χ1) is 6.81. The molecule has 1 saturated heterocycles. The minimum atomic E-state index is 0.138. The first-order valence-corrected chi connectivity index (χ1v) is 4.91. The first-order valence-electron chi connectivity index (χ1n) is 4.91. The minimum Gasteiger partial charge on any atom is -0.472 e. The topological polar surface area (TPSA) is 60.4 Å². The molecule has 14 heavy (non-hydrogen) atoms. The SMILES string of the molecule is CC1CC(C(NN)c2ccoc2)CO1. The molecular weight excluding hydrogens is 180 g/mol. The van der Waals surface area contributed by atoms with Gasteiger partial charge >= 0.3 is 0 Å². The van der Waals surface area contributed by atoms with Crippen molar-refractivity contribution in [3.05, 3.63) is 24.2 Å². The fourth-order valence-electron chi connectivity index (χ4n) is 2.04. The molecule has 2 heterocycles. The molecule has 0 saturated carbocycles. The molecule has 1 aromatic rings. The van der Waals surface area contributed by atoms with Gasteiger partial charge in [0.25, 0.3) is 0 Å². The second-order valence-electron chi connectivity index (χ2n) is 3.84. The molecule has 4 nitrogen and oxygen atoms in total. The van der Waals surface area contributed by atoms with Gasteiger partial charge in [-0.25, -0.2) is 0 Å². The van der Waals surface area contributed by atoms with E-state index in [2.05, 4.69) is 12.3 Å². The summed E-state index contributed by atoms with van der Waals surface area (Å²) >= 11 is 0. The molecule has 3 N–H and O–H groups in total. The van der Waals surface area contributed by atoms with Crippen LogP contribution in [0.2, 0.25) is 0 Å². The number of rotatable bonds is 3. The van der Waals surface area contributed by atoms with Gasteiger partial charge in [0, 0.05) is 11.5 Å². The summed E-state index contributed by atoms with van der Waals surface area (Å²) in [7, 11) is 0. The Morgan fingerprint density at radius 2 is 2.50 bits per heavy atom. The lowest BCUT2D eigenvalue weighted by molar-refractivity contribution is 0.117. The van der Waals surface area contributed by atoms with Crippen LogP contribution in [0.4, 0.5) is 0 Å². The van der Waals surface area contributed by atoms with E-state index in [9.17, 15) is 0 Å². The highest BCUT2D eigenvalue weighted by molar-refractivity contribution is 5.13. The summed E-state index contributed by atoms with van der Waals surface area (Å²) in [5.41, 5.74) is 3.92. The maximum atomic E-state index is 5.54. The normalized spacial score (nSPS) is 29.3. The quantitative estimate of drug-likeness (QED) is 0.563. The lowest BCUT2D eigenvalue weighted by Gasteiger charge is -2.19. The summed E-state index contributed by atoms with van der Waals surface area (Å²) in [6.45, 7) is 2.85. The number of hydrogen-bond acceptors (Lipinski definition) is 4. The highest BCUT2D eigenvalue weighted by Crippen LogP contribution is 2.31. The molecule has 4 heteroatoms. The summed E-state index contributed by atoms with van der Waals surface area (Å²) in [4.78, 5) is 0. The fourth-order valence-corrected chi connectivity index (χ4v) is 2.04. The third kappa shape index (κ3) is 1.82. The molecule has 3 atom stereocenters. The summed E-state index contributed by atoms with van der Waals surface area (Å²) in [5, 5.41) is 0. The second-order valence-corrected chi connectivity index (χ2v) is 3.84. The molecule has 0 spiro atoms. The van der Waals surface area contributed by atoms with Gasteiger partial charge in [-0.2, -0.15) is 0 Å². The molecule has 3 unspecified atom stereocenters. The minimum absolute atomic E-state index is 0.138. The first kappa shape index (κ1) is 9.71. The molecule has 1 fully saturated rings. The Balaban J connectivity index is 2.07. The van der Waals surface area contributed by atoms with Gasteiger partial charge in [-0.1, -0.05) is 0 Å². The van der Waals surface area contributed by atoms with E-state index in [0.717, 1.165) is 18.6 Å². The number of nitrogens with two attached hydrogens (primary N) is 1. The maximum absolute atomic E-state index is 5.54. The Bertz CT molecular complexity index is 274. The van der Waals surface area contributed by atoms with Crippen LogP contribution in [-0.2, 0) is 4.74 Å². The van der Waals surface area contributed by atoms with E-state index < -0.39 is 0 Å². The lowest BCUT2D eigenvalue weighted by Crippen LogP contribution is -2.33. The Hall–Kier alpha value is -0.840. The molecule has 78 valence electrons. The zero-order valence-corrected chi connectivity index (χ0v) is 8.27. The standard InChI is InChI=1S/C10H16N2O2/c1-7-4-9(6-14-7)10(12-11)8-2-3-13-5-8/h2-3,5,7,9-10,12H,4,6,11H2,1H3. The Morgan fingerprint density at radius 3 is 3.00 bits per heavy atom. The van der Waals surface area contributed by atoms with Crippen LogP contribution >= 0.6 is 0 Å². The molecule has 0 bridgehead atoms. The summed E-state index contributed by atoms with van der Waals surface area (Å²) < 4.78 is 10.6. The lowest BCUT2D eigenvalue weighted by atomic mass is 9.93. The van der Waals surface area contributed by atoms with Crippen molar-refractivity contribution >= 4 is 0 Å². The highest BCUT2D eigenvalue weighted by atomic mass is 16.5. The Morgan fingerprint density at radius 1 is 1.64 bits per heavy atom. The van der Waals surface area contributed by atoms with Crippen molar-refractivity contribution in [1.82, 2.24) is 5.43 Å². The maximum Gasteiger partial charge on any atom is 0.0950 e. The van der Waals surface area contributed by atoms with Crippen LogP contribution in [0.1, 0.15) is 24.9 Å². The van der Waals surface area contributed by atoms with Gasteiger partial charge in [-0.15, -0.1) is 0 Å². The van der Waals surface area contributed by atoms with Crippen LogP contribution in [0.3, 0.4) is 0 Å². The summed E-state index contributed by atoms with van der Waals surface area (Å²) in [6, 6.07) is 2.08. The summed E-state index contributed by atoms with van der Waals surface area (Å²) in [5.74, 6) is 5.98. The molecule has 0 aliphatic carbocycles. The third-order valence-corrected chi connectivity index (χ3v) is 2.78. The predicted octanol–water partition coefficient (Wildman–Crippen LogP) is 1.21. The Kier molecular flexibility index (Phi) is 2.86. The van der Waals surface area contributed by atoms with Crippen LogP contribution < -0.4 is 11.3 Å². The fraction of sp³-hybridized carbons (Fsp3) is 0.600. The monoisotopic (exact) mass is 196 g/mol. The van der Waals surface area contributed by atoms with Crippen molar-refractivity contribution in [1.29, 1.82) is 0 Å². The average Bonchev–Trinajstić information content (AvgIpc) is 2.79. The van der Waals surface area contributed by atoms with Gasteiger partial charge in [0.15, 0.2) is 0 Å². The van der Waals surface area contributed by atoms with Crippen LogP contribution in [0.15, 0.2) is 23.0 Å². The van der Waals surface area contributed by atoms with Gasteiger partial charge < -0.3 is 9.15 Å². The van der Waals surface area contributed by atoms with Crippen LogP contribution in [0, 0.1) is 5.92 Å². The van der Waals surface area contributed by atoms with Crippen LogP contribution in [0.25, 0.3) is 0 Å². The molecule has 2 rings (SSSR count). The van der Waals surface area contributed by atoms with Crippen LogP contribution in [-0.4, -0.2) is 12.7 Å². The molecule has 0 amide bonds. The second kappa shape index (κ2) is 4.13. The molecule has 0 aromatic carbocycles. The zero-order chi connectivity index (χ0) is 9.97. The van der Waals surface area contributed by atoms with Crippen molar-refractivity contribution < 1.29 is 9.15 Å². The van der Waals surface area contributed by atoms with E-state index in [0.29, 0.717) is 12.0 Å².